The molecule has 1 aromatic heterocycles. The minimum absolute atomic E-state index is 0.0250. The molecule has 0 saturated heterocycles. The van der Waals surface area contributed by atoms with Gasteiger partial charge in [-0.05, 0) is 17.7 Å². The van der Waals surface area contributed by atoms with Crippen molar-refractivity contribution in [3.63, 3.8) is 0 Å². The Bertz CT molecular complexity index is 633. The molecule has 1 heterocycles. The lowest BCUT2D eigenvalue weighted by Gasteiger charge is -2.06. The van der Waals surface area contributed by atoms with Crippen LogP contribution in [-0.2, 0) is 6.42 Å². The molecule has 0 radical (unpaired) electrons. The van der Waals surface area contributed by atoms with Crippen LogP contribution >= 0.6 is 0 Å². The molecule has 1 aromatic carbocycles. The fraction of sp³-hybridized carbons (Fsp3) is 0.0769. The number of hydrogen-bond donors (Lipinski definition) is 0. The second kappa shape index (κ2) is 4.88. The third kappa shape index (κ3) is 2.18. The maximum absolute atomic E-state index is 13.6. The summed E-state index contributed by atoms with van der Waals surface area (Å²) in [6.45, 7) is 0. The molecular formula is C13H7F3N2. The molecule has 5 heteroatoms. The van der Waals surface area contributed by atoms with Crippen molar-refractivity contribution < 1.29 is 13.2 Å². The molecule has 18 heavy (non-hydrogen) atoms. The molecule has 0 fully saturated rings. The van der Waals surface area contributed by atoms with E-state index in [2.05, 4.69) is 4.98 Å². The Morgan fingerprint density at radius 3 is 2.67 bits per heavy atom. The maximum Gasteiger partial charge on any atom is 0.220 e. The molecule has 0 atom stereocenters. The van der Waals surface area contributed by atoms with E-state index in [4.69, 9.17) is 5.26 Å². The van der Waals surface area contributed by atoms with Gasteiger partial charge >= 0.3 is 0 Å². The predicted octanol–water partition coefficient (Wildman–Crippen LogP) is 3.23. The van der Waals surface area contributed by atoms with E-state index >= 15 is 0 Å². The number of nitrogens with zero attached hydrogens (tertiary/aromatic N) is 2. The van der Waals surface area contributed by atoms with E-state index in [9.17, 15) is 13.2 Å². The zero-order chi connectivity index (χ0) is 13.1. The highest BCUT2D eigenvalue weighted by atomic mass is 19.2. The van der Waals surface area contributed by atoms with Gasteiger partial charge in [-0.25, -0.2) is 13.8 Å². The first-order valence-corrected chi connectivity index (χ1v) is 5.09. The Morgan fingerprint density at radius 1 is 1.17 bits per heavy atom. The third-order valence-electron chi connectivity index (χ3n) is 2.42. The summed E-state index contributed by atoms with van der Waals surface area (Å²) in [5, 5.41) is 8.54. The van der Waals surface area contributed by atoms with Gasteiger partial charge in [-0.1, -0.05) is 12.1 Å². The van der Waals surface area contributed by atoms with Gasteiger partial charge in [0.15, 0.2) is 11.6 Å². The van der Waals surface area contributed by atoms with Crippen molar-refractivity contribution in [3.8, 4) is 17.2 Å². The molecule has 0 aliphatic rings. The van der Waals surface area contributed by atoms with Crippen molar-refractivity contribution in [1.82, 2.24) is 4.98 Å². The largest absolute Gasteiger partial charge is 0.227 e. The molecule has 0 aliphatic carbocycles. The van der Waals surface area contributed by atoms with Crippen LogP contribution in [-0.4, -0.2) is 4.98 Å². The molecule has 0 aliphatic heterocycles. The van der Waals surface area contributed by atoms with Crippen molar-refractivity contribution in [1.29, 1.82) is 5.26 Å². The van der Waals surface area contributed by atoms with Crippen molar-refractivity contribution in [2.24, 2.45) is 0 Å². The standard InChI is InChI=1S/C13H7F3N2/c14-11-3-1-2-9(12(11)15)10-6-8(4-5-17)7-18-13(10)16/h1-3,6-7H,4H2. The SMILES string of the molecule is N#CCc1cnc(F)c(-c2cccc(F)c2F)c1. The van der Waals surface area contributed by atoms with Crippen LogP contribution in [0.1, 0.15) is 5.56 Å². The number of aromatic nitrogens is 1. The Kier molecular flexibility index (Phi) is 3.28. The zero-order valence-electron chi connectivity index (χ0n) is 9.12. The van der Waals surface area contributed by atoms with Gasteiger partial charge in [0.05, 0.1) is 12.5 Å². The lowest BCUT2D eigenvalue weighted by Crippen LogP contribution is -1.96. The monoisotopic (exact) mass is 248 g/mol. The molecule has 0 saturated carbocycles. The lowest BCUT2D eigenvalue weighted by molar-refractivity contribution is 0.509. The van der Waals surface area contributed by atoms with Crippen LogP contribution in [0.3, 0.4) is 0 Å². The zero-order valence-corrected chi connectivity index (χ0v) is 9.12. The maximum atomic E-state index is 13.6. The number of halogens is 3. The third-order valence-corrected chi connectivity index (χ3v) is 2.42. The summed E-state index contributed by atoms with van der Waals surface area (Å²) < 4.78 is 40.1. The van der Waals surface area contributed by atoms with Gasteiger partial charge in [-0.3, -0.25) is 0 Å². The first kappa shape index (κ1) is 12.1. The van der Waals surface area contributed by atoms with Crippen LogP contribution in [0.25, 0.3) is 11.1 Å². The minimum Gasteiger partial charge on any atom is -0.227 e. The predicted molar refractivity (Wildman–Crippen MR) is 58.9 cm³/mol. The van der Waals surface area contributed by atoms with E-state index in [-0.39, 0.29) is 17.5 Å². The highest BCUT2D eigenvalue weighted by Gasteiger charge is 2.14. The van der Waals surface area contributed by atoms with Crippen LogP contribution in [0.4, 0.5) is 13.2 Å². The number of nitriles is 1. The second-order valence-corrected chi connectivity index (χ2v) is 3.62. The fourth-order valence-electron chi connectivity index (χ4n) is 1.58. The molecule has 2 nitrogen and oxygen atoms in total. The molecule has 0 N–H and O–H groups in total. The average Bonchev–Trinajstić information content (AvgIpc) is 2.36. The Hall–Kier alpha value is -2.35. The minimum atomic E-state index is -1.13. The van der Waals surface area contributed by atoms with Crippen molar-refractivity contribution in [2.75, 3.05) is 0 Å². The van der Waals surface area contributed by atoms with Gasteiger partial charge in [0.2, 0.25) is 5.95 Å². The first-order valence-electron chi connectivity index (χ1n) is 5.09. The number of hydrogen-bond acceptors (Lipinski definition) is 2. The highest BCUT2D eigenvalue weighted by Crippen LogP contribution is 2.26. The van der Waals surface area contributed by atoms with Gasteiger partial charge in [-0.15, -0.1) is 0 Å². The van der Waals surface area contributed by atoms with Crippen LogP contribution in [0.15, 0.2) is 30.5 Å². The van der Waals surface area contributed by atoms with E-state index in [1.165, 1.54) is 24.4 Å². The van der Waals surface area contributed by atoms with Crippen LogP contribution in [0, 0.1) is 28.9 Å². The van der Waals surface area contributed by atoms with Crippen LogP contribution in [0.5, 0.6) is 0 Å². The number of rotatable bonds is 2. The van der Waals surface area contributed by atoms with Gasteiger partial charge in [0.25, 0.3) is 0 Å². The lowest BCUT2D eigenvalue weighted by atomic mass is 10.0. The fourth-order valence-corrected chi connectivity index (χ4v) is 1.58. The molecule has 0 unspecified atom stereocenters. The smallest absolute Gasteiger partial charge is 0.220 e. The van der Waals surface area contributed by atoms with Crippen LogP contribution in [0.2, 0.25) is 0 Å². The van der Waals surface area contributed by atoms with Gasteiger partial charge in [0, 0.05) is 17.3 Å². The summed E-state index contributed by atoms with van der Waals surface area (Å²) in [6, 6.07) is 6.66. The molecule has 0 bridgehead atoms. The molecule has 2 rings (SSSR count). The highest BCUT2D eigenvalue weighted by molar-refractivity contribution is 5.64. The normalized spacial score (nSPS) is 10.1. The van der Waals surface area contributed by atoms with Gasteiger partial charge in [-0.2, -0.15) is 9.65 Å². The summed E-state index contributed by atoms with van der Waals surface area (Å²) in [5.74, 6) is -3.09. The average molecular weight is 248 g/mol. The van der Waals surface area contributed by atoms with Crippen molar-refractivity contribution in [2.45, 2.75) is 6.42 Å². The molecule has 0 spiro atoms. The van der Waals surface area contributed by atoms with E-state index in [1.807, 2.05) is 6.07 Å². The van der Waals surface area contributed by atoms with Crippen LogP contribution < -0.4 is 0 Å². The van der Waals surface area contributed by atoms with E-state index in [0.717, 1.165) is 6.07 Å². The molecule has 0 amide bonds. The topological polar surface area (TPSA) is 36.7 Å². The van der Waals surface area contributed by atoms with E-state index < -0.39 is 17.6 Å². The summed E-state index contributed by atoms with van der Waals surface area (Å²) in [7, 11) is 0. The first-order chi connectivity index (χ1) is 8.63. The quantitative estimate of drug-likeness (QED) is 0.765. The number of pyridine rings is 1. The number of benzene rings is 1. The van der Waals surface area contributed by atoms with E-state index in [0.29, 0.717) is 5.56 Å². The molecule has 2 aromatic rings. The van der Waals surface area contributed by atoms with Gasteiger partial charge in [0.1, 0.15) is 0 Å². The Labute approximate surface area is 101 Å². The van der Waals surface area contributed by atoms with Crippen molar-refractivity contribution in [3.05, 3.63) is 53.6 Å². The van der Waals surface area contributed by atoms with Gasteiger partial charge < -0.3 is 0 Å². The second-order valence-electron chi connectivity index (χ2n) is 3.62. The summed E-state index contributed by atoms with van der Waals surface area (Å²) >= 11 is 0. The summed E-state index contributed by atoms with van der Waals surface area (Å²) in [5.41, 5.74) is 0.0806. The Morgan fingerprint density at radius 2 is 1.94 bits per heavy atom. The summed E-state index contributed by atoms with van der Waals surface area (Å²) in [6.07, 6.45) is 1.22. The molecular weight excluding hydrogens is 241 g/mol. The molecule has 90 valence electrons. The summed E-state index contributed by atoms with van der Waals surface area (Å²) in [4.78, 5) is 3.44. The Balaban J connectivity index is 2.60. The van der Waals surface area contributed by atoms with Crippen molar-refractivity contribution >= 4 is 0 Å². The van der Waals surface area contributed by atoms with E-state index in [1.54, 1.807) is 0 Å².